The second-order valence-electron chi connectivity index (χ2n) is 5.68. The molecular weight excluding hydrogens is 317 g/mol. The summed E-state index contributed by atoms with van der Waals surface area (Å²) in [6, 6.07) is 14.7. The highest BCUT2D eigenvalue weighted by Crippen LogP contribution is 2.47. The third-order valence-electron chi connectivity index (χ3n) is 4.00. The van der Waals surface area contributed by atoms with Crippen molar-refractivity contribution in [2.45, 2.75) is 18.5 Å². The molecule has 1 aliphatic rings. The number of carbonyl (C=O) groups is 1. The molecule has 24 heavy (non-hydrogen) atoms. The molecule has 0 aromatic heterocycles. The molecule has 1 N–H and O–H groups in total. The summed E-state index contributed by atoms with van der Waals surface area (Å²) in [7, 11) is 0. The van der Waals surface area contributed by atoms with Gasteiger partial charge in [0.2, 0.25) is 5.91 Å². The minimum Gasteiger partial charge on any atom is -0.273 e. The van der Waals surface area contributed by atoms with Crippen molar-refractivity contribution in [3.8, 4) is 0 Å². The Morgan fingerprint density at radius 3 is 2.46 bits per heavy atom. The van der Waals surface area contributed by atoms with E-state index >= 15 is 0 Å². The molecule has 0 bridgehead atoms. The van der Waals surface area contributed by atoms with Crippen molar-refractivity contribution in [3.05, 3.63) is 71.3 Å². The van der Waals surface area contributed by atoms with Crippen molar-refractivity contribution < 1.29 is 18.0 Å². The summed E-state index contributed by atoms with van der Waals surface area (Å²) in [6.45, 7) is 0. The number of carbonyl (C=O) groups excluding carboxylic acids is 1. The van der Waals surface area contributed by atoms with Crippen LogP contribution in [0.3, 0.4) is 0 Å². The molecule has 0 aliphatic heterocycles. The average molecular weight is 332 g/mol. The quantitative estimate of drug-likeness (QED) is 0.668. The van der Waals surface area contributed by atoms with Crippen molar-refractivity contribution in [3.63, 3.8) is 0 Å². The monoisotopic (exact) mass is 332 g/mol. The summed E-state index contributed by atoms with van der Waals surface area (Å²) in [4.78, 5) is 12.0. The first-order chi connectivity index (χ1) is 11.5. The Kier molecular flexibility index (Phi) is 4.38. The summed E-state index contributed by atoms with van der Waals surface area (Å²) >= 11 is 0. The summed E-state index contributed by atoms with van der Waals surface area (Å²) in [6.07, 6.45) is -2.70. The molecule has 2 atom stereocenters. The zero-order chi connectivity index (χ0) is 17.2. The smallest absolute Gasteiger partial charge is 0.273 e. The molecule has 0 heterocycles. The molecule has 1 saturated carbocycles. The van der Waals surface area contributed by atoms with E-state index < -0.39 is 11.7 Å². The lowest BCUT2D eigenvalue weighted by molar-refractivity contribution is -0.137. The fourth-order valence-corrected chi connectivity index (χ4v) is 2.67. The highest BCUT2D eigenvalue weighted by Gasteiger charge is 2.43. The van der Waals surface area contributed by atoms with Gasteiger partial charge < -0.3 is 0 Å². The van der Waals surface area contributed by atoms with E-state index in [-0.39, 0.29) is 23.3 Å². The molecule has 124 valence electrons. The highest BCUT2D eigenvalue weighted by atomic mass is 19.4. The first kappa shape index (κ1) is 16.2. The van der Waals surface area contributed by atoms with Crippen LogP contribution in [0.15, 0.2) is 59.7 Å². The van der Waals surface area contributed by atoms with Gasteiger partial charge in [0.05, 0.1) is 11.8 Å². The third-order valence-corrected chi connectivity index (χ3v) is 4.00. The fraction of sp³-hybridized carbons (Fsp3) is 0.222. The number of hydrogen-bond acceptors (Lipinski definition) is 2. The Labute approximate surface area is 137 Å². The van der Waals surface area contributed by atoms with Crippen molar-refractivity contribution in [1.29, 1.82) is 0 Å². The Morgan fingerprint density at radius 1 is 1.08 bits per heavy atom. The molecule has 1 aliphatic carbocycles. The maximum absolute atomic E-state index is 12.9. The average Bonchev–Trinajstić information content (AvgIpc) is 3.36. The number of amides is 1. The number of halogens is 3. The number of hydrogen-bond donors (Lipinski definition) is 1. The van der Waals surface area contributed by atoms with Crippen LogP contribution in [0.2, 0.25) is 0 Å². The van der Waals surface area contributed by atoms with Gasteiger partial charge in [0.25, 0.3) is 0 Å². The van der Waals surface area contributed by atoms with Gasteiger partial charge in [-0.2, -0.15) is 18.3 Å². The molecule has 0 spiro atoms. The van der Waals surface area contributed by atoms with Crippen LogP contribution in [0.1, 0.15) is 29.0 Å². The maximum Gasteiger partial charge on any atom is 0.417 e. The van der Waals surface area contributed by atoms with E-state index in [1.54, 1.807) is 0 Å². The van der Waals surface area contributed by atoms with E-state index in [0.717, 1.165) is 24.3 Å². The Bertz CT molecular complexity index is 756. The highest BCUT2D eigenvalue weighted by molar-refractivity contribution is 5.86. The first-order valence-electron chi connectivity index (χ1n) is 7.51. The summed E-state index contributed by atoms with van der Waals surface area (Å²) < 4.78 is 38.6. The SMILES string of the molecule is O=C(N/N=C\c1ccccc1C(F)(F)F)[C@H]1C[C@H]1c1ccccc1. The van der Waals surface area contributed by atoms with Gasteiger partial charge >= 0.3 is 6.18 Å². The Morgan fingerprint density at radius 2 is 1.75 bits per heavy atom. The normalized spacial score (nSPS) is 20.1. The minimum atomic E-state index is -4.46. The molecule has 0 saturated heterocycles. The van der Waals surface area contributed by atoms with Crippen LogP contribution >= 0.6 is 0 Å². The number of rotatable bonds is 4. The van der Waals surface area contributed by atoms with Gasteiger partial charge in [-0.25, -0.2) is 5.43 Å². The second-order valence-corrected chi connectivity index (χ2v) is 5.68. The Hall–Kier alpha value is -2.63. The van der Waals surface area contributed by atoms with Crippen LogP contribution in [0, 0.1) is 5.92 Å². The molecule has 0 unspecified atom stereocenters. The number of alkyl halides is 3. The lowest BCUT2D eigenvalue weighted by atomic mass is 10.1. The van der Waals surface area contributed by atoms with Gasteiger partial charge in [-0.15, -0.1) is 0 Å². The van der Waals surface area contributed by atoms with E-state index in [2.05, 4.69) is 10.5 Å². The summed E-state index contributed by atoms with van der Waals surface area (Å²) in [5, 5.41) is 3.68. The number of nitrogens with zero attached hydrogens (tertiary/aromatic N) is 1. The van der Waals surface area contributed by atoms with E-state index in [1.807, 2.05) is 30.3 Å². The van der Waals surface area contributed by atoms with E-state index in [0.29, 0.717) is 0 Å². The fourth-order valence-electron chi connectivity index (χ4n) is 2.67. The van der Waals surface area contributed by atoms with Gasteiger partial charge in [-0.3, -0.25) is 4.79 Å². The molecule has 1 fully saturated rings. The summed E-state index contributed by atoms with van der Waals surface area (Å²) in [5.41, 5.74) is 2.56. The topological polar surface area (TPSA) is 41.5 Å². The first-order valence-corrected chi connectivity index (χ1v) is 7.51. The van der Waals surface area contributed by atoms with Crippen molar-refractivity contribution >= 4 is 12.1 Å². The molecule has 1 amide bonds. The molecule has 2 aromatic rings. The molecule has 0 radical (unpaired) electrons. The molecule has 3 rings (SSSR count). The van der Waals surface area contributed by atoms with Gasteiger partial charge in [-0.05, 0) is 24.0 Å². The third kappa shape index (κ3) is 3.64. The summed E-state index contributed by atoms with van der Waals surface area (Å²) in [5.74, 6) is -0.295. The van der Waals surface area contributed by atoms with Crippen LogP contribution in [0.25, 0.3) is 0 Å². The van der Waals surface area contributed by atoms with Crippen LogP contribution in [0.4, 0.5) is 13.2 Å². The zero-order valence-electron chi connectivity index (χ0n) is 12.6. The predicted octanol–water partition coefficient (Wildman–Crippen LogP) is 3.96. The number of hydrazone groups is 1. The van der Waals surface area contributed by atoms with Crippen molar-refractivity contribution in [2.24, 2.45) is 11.0 Å². The predicted molar refractivity (Wildman–Crippen MR) is 84.5 cm³/mol. The van der Waals surface area contributed by atoms with Crippen LogP contribution in [0.5, 0.6) is 0 Å². The van der Waals surface area contributed by atoms with E-state index in [1.165, 1.54) is 18.2 Å². The van der Waals surface area contributed by atoms with E-state index in [9.17, 15) is 18.0 Å². The molecular formula is C18H15F3N2O. The lowest BCUT2D eigenvalue weighted by Gasteiger charge is -2.09. The van der Waals surface area contributed by atoms with Crippen LogP contribution in [-0.4, -0.2) is 12.1 Å². The number of benzene rings is 2. The standard InChI is InChI=1S/C18H15F3N2O/c19-18(20,21)16-9-5-4-8-13(16)11-22-23-17(24)15-10-14(15)12-6-2-1-3-7-12/h1-9,11,14-15H,10H2,(H,23,24)/b22-11-/t14-,15-/m0/s1. The maximum atomic E-state index is 12.9. The van der Waals surface area contributed by atoms with Gasteiger partial charge in [0.15, 0.2) is 0 Å². The zero-order valence-corrected chi connectivity index (χ0v) is 12.6. The lowest BCUT2D eigenvalue weighted by Crippen LogP contribution is -2.20. The Balaban J connectivity index is 1.61. The van der Waals surface area contributed by atoms with Gasteiger partial charge in [0.1, 0.15) is 0 Å². The minimum absolute atomic E-state index is 0.0827. The van der Waals surface area contributed by atoms with Gasteiger partial charge in [0, 0.05) is 11.5 Å². The van der Waals surface area contributed by atoms with E-state index in [4.69, 9.17) is 0 Å². The van der Waals surface area contributed by atoms with Gasteiger partial charge in [-0.1, -0.05) is 48.5 Å². The van der Waals surface area contributed by atoms with Crippen molar-refractivity contribution in [1.82, 2.24) is 5.43 Å². The molecule has 6 heteroatoms. The number of nitrogens with one attached hydrogen (secondary N) is 1. The second kappa shape index (κ2) is 6.47. The van der Waals surface area contributed by atoms with Crippen LogP contribution in [-0.2, 0) is 11.0 Å². The van der Waals surface area contributed by atoms with Crippen LogP contribution < -0.4 is 5.43 Å². The largest absolute Gasteiger partial charge is 0.417 e. The molecule has 2 aromatic carbocycles. The van der Waals surface area contributed by atoms with Crippen molar-refractivity contribution in [2.75, 3.05) is 0 Å². The molecule has 3 nitrogen and oxygen atoms in total.